The van der Waals surface area contributed by atoms with Crippen molar-refractivity contribution in [2.75, 3.05) is 19.7 Å². The zero-order valence-corrected chi connectivity index (χ0v) is 26.3. The molecular formula is C35H41N5O4. The summed E-state index contributed by atoms with van der Waals surface area (Å²) >= 11 is 0. The summed E-state index contributed by atoms with van der Waals surface area (Å²) in [5.41, 5.74) is 2.13. The van der Waals surface area contributed by atoms with Crippen LogP contribution in [0.5, 0.6) is 5.88 Å². The number of carbonyl (C=O) groups excluding carboxylic acids is 1. The SMILES string of the molecule is CC(C)(C)OC(=O)N1CCC(Oc2nc(-c3nn(C4CCCCO4)c4ccc(C(C)(C)C#N)cc34)cc3ccccc23)CC1. The quantitative estimate of drug-likeness (QED) is 0.235. The van der Waals surface area contributed by atoms with Crippen LogP contribution in [0.25, 0.3) is 33.1 Å². The first-order valence-electron chi connectivity index (χ1n) is 15.6. The summed E-state index contributed by atoms with van der Waals surface area (Å²) in [6.07, 6.45) is 3.86. The first-order valence-corrected chi connectivity index (χ1v) is 15.6. The number of nitrogens with zero attached hydrogens (tertiary/aromatic N) is 5. The maximum Gasteiger partial charge on any atom is 0.410 e. The molecular weight excluding hydrogens is 554 g/mol. The maximum atomic E-state index is 12.6. The number of amides is 1. The van der Waals surface area contributed by atoms with Gasteiger partial charge in [0.15, 0.2) is 6.23 Å². The molecule has 0 bridgehead atoms. The molecule has 0 radical (unpaired) electrons. The van der Waals surface area contributed by atoms with Crippen LogP contribution in [0.4, 0.5) is 4.79 Å². The van der Waals surface area contributed by atoms with Gasteiger partial charge in [0.25, 0.3) is 0 Å². The fourth-order valence-electron chi connectivity index (χ4n) is 5.94. The van der Waals surface area contributed by atoms with E-state index in [1.807, 2.05) is 63.6 Å². The largest absolute Gasteiger partial charge is 0.474 e. The highest BCUT2D eigenvalue weighted by Gasteiger charge is 2.29. The van der Waals surface area contributed by atoms with Gasteiger partial charge in [0.1, 0.15) is 17.4 Å². The Labute approximate surface area is 258 Å². The number of carbonyl (C=O) groups is 1. The van der Waals surface area contributed by atoms with Crippen molar-refractivity contribution in [3.63, 3.8) is 0 Å². The molecule has 2 aromatic heterocycles. The molecule has 2 saturated heterocycles. The third-order valence-corrected chi connectivity index (χ3v) is 8.46. The Morgan fingerprint density at radius 1 is 1.00 bits per heavy atom. The highest BCUT2D eigenvalue weighted by atomic mass is 16.6. The minimum absolute atomic E-state index is 0.0900. The summed E-state index contributed by atoms with van der Waals surface area (Å²) in [5, 5.41) is 17.9. The third-order valence-electron chi connectivity index (χ3n) is 8.46. The second-order valence-electron chi connectivity index (χ2n) is 13.4. The van der Waals surface area contributed by atoms with Crippen molar-refractivity contribution in [2.45, 2.75) is 90.1 Å². The lowest BCUT2D eigenvalue weighted by Gasteiger charge is -2.33. The summed E-state index contributed by atoms with van der Waals surface area (Å²) in [5.74, 6) is 0.555. The molecule has 4 aromatic rings. The number of rotatable bonds is 5. The monoisotopic (exact) mass is 595 g/mol. The van der Waals surface area contributed by atoms with Crippen LogP contribution < -0.4 is 4.74 Å². The maximum absolute atomic E-state index is 12.6. The van der Waals surface area contributed by atoms with Crippen molar-refractivity contribution in [3.05, 3.63) is 54.1 Å². The van der Waals surface area contributed by atoms with E-state index >= 15 is 0 Å². The van der Waals surface area contributed by atoms with Crippen LogP contribution in [-0.2, 0) is 14.9 Å². The Morgan fingerprint density at radius 3 is 2.48 bits per heavy atom. The Kier molecular flexibility index (Phi) is 7.97. The van der Waals surface area contributed by atoms with Gasteiger partial charge in [-0.1, -0.05) is 24.3 Å². The molecule has 2 aliphatic rings. The van der Waals surface area contributed by atoms with Crippen LogP contribution in [0.1, 0.15) is 78.5 Å². The molecule has 4 heterocycles. The summed E-state index contributed by atoms with van der Waals surface area (Å²) in [4.78, 5) is 19.4. The number of likely N-dealkylation sites (tertiary alicyclic amines) is 1. The average Bonchev–Trinajstić information content (AvgIpc) is 3.40. The van der Waals surface area contributed by atoms with E-state index in [4.69, 9.17) is 24.3 Å². The summed E-state index contributed by atoms with van der Waals surface area (Å²) < 4.78 is 20.3. The predicted octanol–water partition coefficient (Wildman–Crippen LogP) is 7.53. The molecule has 1 amide bonds. The van der Waals surface area contributed by atoms with Crippen LogP contribution in [0.3, 0.4) is 0 Å². The van der Waals surface area contributed by atoms with Crippen molar-refractivity contribution >= 4 is 27.8 Å². The summed E-state index contributed by atoms with van der Waals surface area (Å²) in [6.45, 7) is 11.3. The predicted molar refractivity (Wildman–Crippen MR) is 169 cm³/mol. The number of nitriles is 1. The highest BCUT2D eigenvalue weighted by molar-refractivity contribution is 5.97. The molecule has 2 aromatic carbocycles. The number of fused-ring (bicyclic) bond motifs is 2. The summed E-state index contributed by atoms with van der Waals surface area (Å²) in [7, 11) is 0. The van der Waals surface area contributed by atoms with Crippen LogP contribution in [-0.4, -0.2) is 57.2 Å². The van der Waals surface area contributed by atoms with Gasteiger partial charge >= 0.3 is 6.09 Å². The van der Waals surface area contributed by atoms with Gasteiger partial charge in [-0.25, -0.2) is 14.5 Å². The lowest BCUT2D eigenvalue weighted by atomic mass is 9.85. The fourth-order valence-corrected chi connectivity index (χ4v) is 5.94. The van der Waals surface area contributed by atoms with E-state index in [9.17, 15) is 10.1 Å². The van der Waals surface area contributed by atoms with E-state index in [1.54, 1.807) is 4.90 Å². The van der Waals surface area contributed by atoms with Gasteiger partial charge in [0.05, 0.1) is 22.7 Å². The first kappa shape index (κ1) is 29.9. The average molecular weight is 596 g/mol. The first-order chi connectivity index (χ1) is 21.0. The van der Waals surface area contributed by atoms with E-state index in [-0.39, 0.29) is 18.4 Å². The minimum Gasteiger partial charge on any atom is -0.474 e. The molecule has 44 heavy (non-hydrogen) atoms. The van der Waals surface area contributed by atoms with Crippen LogP contribution >= 0.6 is 0 Å². The van der Waals surface area contributed by atoms with Crippen molar-refractivity contribution in [1.82, 2.24) is 19.7 Å². The standard InChI is InChI=1S/C35H41N5O4/c1-34(2,3)44-33(41)39-17-15-25(16-18-39)43-32-26-11-7-6-10-23(26)20-28(37-32)31-27-21-24(35(4,5)22-36)13-14-29(27)40(38-31)30-12-8-9-19-42-30/h6-7,10-11,13-14,20-21,25,30H,8-9,12,15-19H2,1-5H3. The van der Waals surface area contributed by atoms with Gasteiger partial charge in [0, 0.05) is 43.3 Å². The zero-order chi connectivity index (χ0) is 31.1. The molecule has 2 fully saturated rings. The van der Waals surface area contributed by atoms with Gasteiger partial charge < -0.3 is 19.1 Å². The van der Waals surface area contributed by atoms with E-state index < -0.39 is 11.0 Å². The molecule has 230 valence electrons. The molecule has 2 aliphatic heterocycles. The van der Waals surface area contributed by atoms with Gasteiger partial charge in [-0.15, -0.1) is 0 Å². The second-order valence-corrected chi connectivity index (χ2v) is 13.4. The Balaban J connectivity index is 1.37. The minimum atomic E-state index is -0.659. The lowest BCUT2D eigenvalue weighted by Crippen LogP contribution is -2.44. The number of benzene rings is 2. The van der Waals surface area contributed by atoms with Crippen molar-refractivity contribution in [3.8, 4) is 23.3 Å². The molecule has 9 heteroatoms. The molecule has 0 spiro atoms. The number of hydrogen-bond donors (Lipinski definition) is 0. The Hall–Kier alpha value is -4.16. The van der Waals surface area contributed by atoms with Gasteiger partial charge in [-0.2, -0.15) is 10.4 Å². The summed E-state index contributed by atoms with van der Waals surface area (Å²) in [6, 6.07) is 18.7. The number of piperidine rings is 1. The van der Waals surface area contributed by atoms with Gasteiger partial charge in [-0.05, 0) is 89.1 Å². The lowest BCUT2D eigenvalue weighted by molar-refractivity contribution is -0.0365. The van der Waals surface area contributed by atoms with E-state index in [2.05, 4.69) is 30.3 Å². The van der Waals surface area contributed by atoms with Crippen LogP contribution in [0.2, 0.25) is 0 Å². The third kappa shape index (κ3) is 6.09. The highest BCUT2D eigenvalue weighted by Crippen LogP contribution is 2.38. The molecule has 9 nitrogen and oxygen atoms in total. The van der Waals surface area contributed by atoms with Crippen molar-refractivity contribution in [2.24, 2.45) is 0 Å². The van der Waals surface area contributed by atoms with Crippen LogP contribution in [0.15, 0.2) is 48.5 Å². The Bertz CT molecular complexity index is 1720. The topological polar surface area (TPSA) is 102 Å². The normalized spacial score (nSPS) is 18.4. The van der Waals surface area contributed by atoms with E-state index in [0.29, 0.717) is 44.1 Å². The molecule has 0 saturated carbocycles. The smallest absolute Gasteiger partial charge is 0.410 e. The van der Waals surface area contributed by atoms with Crippen molar-refractivity contribution < 1.29 is 19.0 Å². The molecule has 0 aliphatic carbocycles. The van der Waals surface area contributed by atoms with Gasteiger partial charge in [-0.3, -0.25) is 0 Å². The van der Waals surface area contributed by atoms with Crippen LogP contribution in [0, 0.1) is 11.3 Å². The van der Waals surface area contributed by atoms with Gasteiger partial charge in [0.2, 0.25) is 5.88 Å². The zero-order valence-electron chi connectivity index (χ0n) is 26.3. The molecule has 1 atom stereocenters. The molecule has 0 N–H and O–H groups in total. The van der Waals surface area contributed by atoms with Crippen molar-refractivity contribution in [1.29, 1.82) is 5.26 Å². The number of pyridine rings is 1. The number of ether oxygens (including phenoxy) is 3. The molecule has 6 rings (SSSR count). The van der Waals surface area contributed by atoms with E-state index in [1.165, 1.54) is 0 Å². The second kappa shape index (κ2) is 11.7. The number of hydrogen-bond acceptors (Lipinski definition) is 7. The fraction of sp³-hybridized carbons (Fsp3) is 0.486. The number of aromatic nitrogens is 3. The van der Waals surface area contributed by atoms with E-state index in [0.717, 1.165) is 52.2 Å². The Morgan fingerprint density at radius 2 is 1.77 bits per heavy atom. The molecule has 1 unspecified atom stereocenters.